The van der Waals surface area contributed by atoms with E-state index < -0.39 is 0 Å². The molecule has 1 aromatic rings. The van der Waals surface area contributed by atoms with Crippen LogP contribution in [0.1, 0.15) is 24.2 Å². The van der Waals surface area contributed by atoms with E-state index in [1.165, 1.54) is 14.2 Å². The van der Waals surface area contributed by atoms with E-state index in [0.29, 0.717) is 22.7 Å². The lowest BCUT2D eigenvalue weighted by molar-refractivity contribution is 0.0755. The highest BCUT2D eigenvalue weighted by Gasteiger charge is 2.20. The minimum atomic E-state index is -0.153. The van der Waals surface area contributed by atoms with Crippen molar-refractivity contribution in [3.63, 3.8) is 0 Å². The van der Waals surface area contributed by atoms with Crippen molar-refractivity contribution in [3.05, 3.63) is 17.7 Å². The van der Waals surface area contributed by atoms with E-state index in [1.807, 2.05) is 13.8 Å². The van der Waals surface area contributed by atoms with Gasteiger partial charge < -0.3 is 20.1 Å². The van der Waals surface area contributed by atoms with Gasteiger partial charge in [-0.25, -0.2) is 0 Å². The van der Waals surface area contributed by atoms with Crippen LogP contribution in [0.15, 0.2) is 12.1 Å². The zero-order valence-corrected chi connectivity index (χ0v) is 11.5. The summed E-state index contributed by atoms with van der Waals surface area (Å²) in [5.41, 5.74) is 6.65. The fourth-order valence-electron chi connectivity index (χ4n) is 1.49. The van der Waals surface area contributed by atoms with Gasteiger partial charge in [0.05, 0.1) is 25.5 Å². The normalized spacial score (nSPS) is 10.3. The van der Waals surface area contributed by atoms with Gasteiger partial charge in [0.1, 0.15) is 11.5 Å². The van der Waals surface area contributed by atoms with E-state index in [-0.39, 0.29) is 11.9 Å². The second kappa shape index (κ2) is 5.62. The van der Waals surface area contributed by atoms with Crippen LogP contribution in [0.5, 0.6) is 11.5 Å². The lowest BCUT2D eigenvalue weighted by Crippen LogP contribution is -2.33. The highest BCUT2D eigenvalue weighted by molar-refractivity contribution is 6.01. The summed E-state index contributed by atoms with van der Waals surface area (Å²) < 4.78 is 10.3. The first-order chi connectivity index (χ1) is 8.42. The first-order valence-corrected chi connectivity index (χ1v) is 5.71. The number of nitrogen functional groups attached to an aromatic ring is 1. The maximum absolute atomic E-state index is 12.3. The van der Waals surface area contributed by atoms with Crippen LogP contribution in [-0.4, -0.2) is 38.1 Å². The first-order valence-electron chi connectivity index (χ1n) is 5.71. The van der Waals surface area contributed by atoms with Gasteiger partial charge in [0, 0.05) is 19.2 Å². The zero-order valence-electron chi connectivity index (χ0n) is 11.5. The number of carbonyl (C=O) groups is 1. The number of hydrogen-bond donors (Lipinski definition) is 1. The predicted octanol–water partition coefficient (Wildman–Crippen LogP) is 1.77. The molecule has 0 fully saturated rings. The number of rotatable bonds is 4. The van der Waals surface area contributed by atoms with Gasteiger partial charge in [0.15, 0.2) is 0 Å². The molecular formula is C13H20N2O3. The van der Waals surface area contributed by atoms with Crippen LogP contribution >= 0.6 is 0 Å². The van der Waals surface area contributed by atoms with Crippen LogP contribution in [0.3, 0.4) is 0 Å². The SMILES string of the molecule is COc1cc(OC)c(N)c(C(=O)N(C)C(C)C)c1. The minimum absolute atomic E-state index is 0.0918. The van der Waals surface area contributed by atoms with Crippen molar-refractivity contribution in [3.8, 4) is 11.5 Å². The minimum Gasteiger partial charge on any atom is -0.497 e. The van der Waals surface area contributed by atoms with Crippen LogP contribution in [0.25, 0.3) is 0 Å². The van der Waals surface area contributed by atoms with Crippen LogP contribution in [-0.2, 0) is 0 Å². The zero-order chi connectivity index (χ0) is 13.9. The Balaban J connectivity index is 3.26. The van der Waals surface area contributed by atoms with Crippen molar-refractivity contribution in [2.24, 2.45) is 0 Å². The molecule has 5 heteroatoms. The topological polar surface area (TPSA) is 64.8 Å². The second-order valence-corrected chi connectivity index (χ2v) is 4.30. The van der Waals surface area contributed by atoms with Crippen molar-refractivity contribution in [2.75, 3.05) is 27.0 Å². The molecular weight excluding hydrogens is 232 g/mol. The van der Waals surface area contributed by atoms with Crippen LogP contribution < -0.4 is 15.2 Å². The van der Waals surface area contributed by atoms with Gasteiger partial charge in [-0.2, -0.15) is 0 Å². The van der Waals surface area contributed by atoms with E-state index in [0.717, 1.165) is 0 Å². The molecule has 0 saturated carbocycles. The molecule has 1 amide bonds. The smallest absolute Gasteiger partial charge is 0.256 e. The number of ether oxygens (including phenoxy) is 2. The average molecular weight is 252 g/mol. The van der Waals surface area contributed by atoms with Gasteiger partial charge in [-0.1, -0.05) is 0 Å². The number of hydrogen-bond acceptors (Lipinski definition) is 4. The number of amides is 1. The maximum Gasteiger partial charge on any atom is 0.256 e. The maximum atomic E-state index is 12.3. The van der Waals surface area contributed by atoms with E-state index in [4.69, 9.17) is 15.2 Å². The average Bonchev–Trinajstić information content (AvgIpc) is 2.37. The Morgan fingerprint density at radius 2 is 1.89 bits per heavy atom. The van der Waals surface area contributed by atoms with Crippen molar-refractivity contribution in [1.29, 1.82) is 0 Å². The van der Waals surface area contributed by atoms with Gasteiger partial charge in [-0.05, 0) is 19.9 Å². The monoisotopic (exact) mass is 252 g/mol. The van der Waals surface area contributed by atoms with Gasteiger partial charge in [-0.15, -0.1) is 0 Å². The standard InChI is InChI=1S/C13H20N2O3/c1-8(2)15(3)13(16)10-6-9(17-4)7-11(18-5)12(10)14/h6-8H,14H2,1-5H3. The lowest BCUT2D eigenvalue weighted by Gasteiger charge is -2.23. The third-order valence-corrected chi connectivity index (χ3v) is 2.90. The summed E-state index contributed by atoms with van der Waals surface area (Å²) in [5, 5.41) is 0. The molecule has 100 valence electrons. The number of nitrogens with zero attached hydrogens (tertiary/aromatic N) is 1. The molecule has 0 aromatic heterocycles. The molecule has 2 N–H and O–H groups in total. The van der Waals surface area contributed by atoms with Gasteiger partial charge in [0.2, 0.25) is 0 Å². The molecule has 0 aliphatic carbocycles. The van der Waals surface area contributed by atoms with Gasteiger partial charge in [-0.3, -0.25) is 4.79 Å². The molecule has 1 rings (SSSR count). The molecule has 0 aliphatic heterocycles. The van der Waals surface area contributed by atoms with Crippen LogP contribution in [0, 0.1) is 0 Å². The Kier molecular flexibility index (Phi) is 4.42. The molecule has 0 radical (unpaired) electrons. The predicted molar refractivity (Wildman–Crippen MR) is 71.2 cm³/mol. The molecule has 1 aromatic carbocycles. The van der Waals surface area contributed by atoms with Crippen LogP contribution in [0.4, 0.5) is 5.69 Å². The Morgan fingerprint density at radius 1 is 1.28 bits per heavy atom. The number of benzene rings is 1. The van der Waals surface area contributed by atoms with Gasteiger partial charge >= 0.3 is 0 Å². The summed E-state index contributed by atoms with van der Waals surface area (Å²) >= 11 is 0. The van der Waals surface area contributed by atoms with Crippen molar-refractivity contribution in [1.82, 2.24) is 4.90 Å². The van der Waals surface area contributed by atoms with E-state index in [2.05, 4.69) is 0 Å². The Hall–Kier alpha value is -1.91. The molecule has 0 heterocycles. The second-order valence-electron chi connectivity index (χ2n) is 4.30. The molecule has 18 heavy (non-hydrogen) atoms. The molecule has 0 bridgehead atoms. The Morgan fingerprint density at radius 3 is 2.33 bits per heavy atom. The molecule has 0 atom stereocenters. The molecule has 0 saturated heterocycles. The van der Waals surface area contributed by atoms with Crippen molar-refractivity contribution in [2.45, 2.75) is 19.9 Å². The highest BCUT2D eigenvalue weighted by atomic mass is 16.5. The summed E-state index contributed by atoms with van der Waals surface area (Å²) in [6.07, 6.45) is 0. The van der Waals surface area contributed by atoms with E-state index in [1.54, 1.807) is 24.1 Å². The quantitative estimate of drug-likeness (QED) is 0.829. The van der Waals surface area contributed by atoms with Crippen molar-refractivity contribution >= 4 is 11.6 Å². The number of methoxy groups -OCH3 is 2. The lowest BCUT2D eigenvalue weighted by atomic mass is 10.1. The summed E-state index contributed by atoms with van der Waals surface area (Å²) in [4.78, 5) is 13.9. The number of nitrogens with two attached hydrogens (primary N) is 1. The Labute approximate surface area is 107 Å². The van der Waals surface area contributed by atoms with E-state index in [9.17, 15) is 4.79 Å². The van der Waals surface area contributed by atoms with Crippen molar-refractivity contribution < 1.29 is 14.3 Å². The number of carbonyl (C=O) groups excluding carboxylic acids is 1. The van der Waals surface area contributed by atoms with Crippen LogP contribution in [0.2, 0.25) is 0 Å². The Bertz CT molecular complexity index is 444. The molecule has 0 spiro atoms. The van der Waals surface area contributed by atoms with Gasteiger partial charge in [0.25, 0.3) is 5.91 Å². The summed E-state index contributed by atoms with van der Waals surface area (Å²) in [6.45, 7) is 3.87. The first kappa shape index (κ1) is 14.2. The third-order valence-electron chi connectivity index (χ3n) is 2.90. The molecule has 5 nitrogen and oxygen atoms in total. The summed E-state index contributed by atoms with van der Waals surface area (Å²) in [6, 6.07) is 3.37. The number of anilines is 1. The molecule has 0 unspecified atom stereocenters. The fourth-order valence-corrected chi connectivity index (χ4v) is 1.49. The summed E-state index contributed by atoms with van der Waals surface area (Å²) in [7, 11) is 4.77. The third kappa shape index (κ3) is 2.67. The van der Waals surface area contributed by atoms with E-state index >= 15 is 0 Å². The largest absolute Gasteiger partial charge is 0.497 e. The highest BCUT2D eigenvalue weighted by Crippen LogP contribution is 2.31. The fraction of sp³-hybridized carbons (Fsp3) is 0.462. The molecule has 0 aliphatic rings. The summed E-state index contributed by atoms with van der Waals surface area (Å²) in [5.74, 6) is 0.830.